The zero-order chi connectivity index (χ0) is 18.9. The molecule has 1 amide bonds. The summed E-state index contributed by atoms with van der Waals surface area (Å²) in [6.45, 7) is 3.28. The van der Waals surface area contributed by atoms with Gasteiger partial charge in [-0.05, 0) is 55.8 Å². The largest absolute Gasteiger partial charge is 0.341 e. The van der Waals surface area contributed by atoms with Crippen LogP contribution in [-0.4, -0.2) is 46.9 Å². The molecule has 2 aromatic heterocycles. The molecule has 0 radical (unpaired) electrons. The van der Waals surface area contributed by atoms with E-state index in [1.807, 2.05) is 17.4 Å². The lowest BCUT2D eigenvalue weighted by Crippen LogP contribution is -2.44. The molecular formula is C22H25N3OS2. The summed E-state index contributed by atoms with van der Waals surface area (Å²) in [4.78, 5) is 23.8. The molecule has 4 heterocycles. The predicted octanol–water partition coefficient (Wildman–Crippen LogP) is 4.90. The Kier molecular flexibility index (Phi) is 5.18. The van der Waals surface area contributed by atoms with E-state index in [4.69, 9.17) is 4.98 Å². The quantitative estimate of drug-likeness (QED) is 0.613. The maximum atomic E-state index is 13.1. The molecule has 0 aliphatic carbocycles. The normalized spacial score (nSPS) is 23.5. The highest BCUT2D eigenvalue weighted by Gasteiger charge is 2.32. The monoisotopic (exact) mass is 411 g/mol. The minimum Gasteiger partial charge on any atom is -0.341 e. The number of piperidine rings is 1. The Morgan fingerprint density at radius 2 is 2.00 bits per heavy atom. The van der Waals surface area contributed by atoms with Crippen LogP contribution < -0.4 is 0 Å². The smallest absolute Gasteiger partial charge is 0.236 e. The van der Waals surface area contributed by atoms with Crippen LogP contribution >= 0.6 is 22.7 Å². The van der Waals surface area contributed by atoms with Crippen molar-refractivity contribution in [1.29, 1.82) is 0 Å². The van der Waals surface area contributed by atoms with Crippen molar-refractivity contribution in [1.82, 2.24) is 14.8 Å². The van der Waals surface area contributed by atoms with Crippen LogP contribution in [0.15, 0.2) is 41.8 Å². The molecule has 0 saturated carbocycles. The first-order valence-electron chi connectivity index (χ1n) is 10.2. The number of fused-ring (bicyclic) bond motifs is 1. The number of nitrogens with zero attached hydrogens (tertiary/aromatic N) is 3. The Bertz CT molecular complexity index is 919. The molecular weight excluding hydrogens is 386 g/mol. The summed E-state index contributed by atoms with van der Waals surface area (Å²) in [6, 6.07) is 13.1. The lowest BCUT2D eigenvalue weighted by atomic mass is 9.98. The molecule has 28 heavy (non-hydrogen) atoms. The van der Waals surface area contributed by atoms with Crippen molar-refractivity contribution >= 4 is 38.8 Å². The van der Waals surface area contributed by atoms with E-state index in [0.29, 0.717) is 18.5 Å². The van der Waals surface area contributed by atoms with Crippen LogP contribution in [0.5, 0.6) is 0 Å². The summed E-state index contributed by atoms with van der Waals surface area (Å²) in [7, 11) is 0. The van der Waals surface area contributed by atoms with Gasteiger partial charge in [-0.3, -0.25) is 9.69 Å². The topological polar surface area (TPSA) is 36.4 Å². The molecule has 0 bridgehead atoms. The number of aromatic nitrogens is 1. The van der Waals surface area contributed by atoms with Crippen LogP contribution in [0.1, 0.15) is 47.5 Å². The molecule has 5 rings (SSSR count). The van der Waals surface area contributed by atoms with Gasteiger partial charge in [0.05, 0.1) is 21.8 Å². The van der Waals surface area contributed by atoms with Crippen LogP contribution in [0.2, 0.25) is 0 Å². The molecule has 0 N–H and O–H groups in total. The zero-order valence-electron chi connectivity index (χ0n) is 15.9. The van der Waals surface area contributed by atoms with E-state index < -0.39 is 0 Å². The molecule has 2 aliphatic rings. The molecule has 2 saturated heterocycles. The number of hydrogen-bond donors (Lipinski definition) is 0. The van der Waals surface area contributed by atoms with E-state index in [0.717, 1.165) is 38.0 Å². The summed E-state index contributed by atoms with van der Waals surface area (Å²) in [5, 5.41) is 3.33. The van der Waals surface area contributed by atoms with Gasteiger partial charge < -0.3 is 4.90 Å². The summed E-state index contributed by atoms with van der Waals surface area (Å²) in [5.74, 6) is 0.663. The third-order valence-electron chi connectivity index (χ3n) is 6.01. The summed E-state index contributed by atoms with van der Waals surface area (Å²) in [5.41, 5.74) is 1.09. The second-order valence-electron chi connectivity index (χ2n) is 7.84. The molecule has 0 spiro atoms. The molecule has 2 atom stereocenters. The highest BCUT2D eigenvalue weighted by molar-refractivity contribution is 7.18. The number of benzene rings is 1. The van der Waals surface area contributed by atoms with Gasteiger partial charge in [0.15, 0.2) is 0 Å². The Hall–Kier alpha value is -1.76. The van der Waals surface area contributed by atoms with Gasteiger partial charge in [-0.15, -0.1) is 22.7 Å². The Labute approximate surface area is 173 Å². The first-order valence-corrected chi connectivity index (χ1v) is 11.9. The Balaban J connectivity index is 1.26. The van der Waals surface area contributed by atoms with Crippen LogP contribution in [0.3, 0.4) is 0 Å². The number of carbonyl (C=O) groups is 1. The number of thiophene rings is 1. The van der Waals surface area contributed by atoms with Crippen LogP contribution in [0, 0.1) is 0 Å². The summed E-state index contributed by atoms with van der Waals surface area (Å²) >= 11 is 3.60. The first-order chi connectivity index (χ1) is 13.8. The lowest BCUT2D eigenvalue weighted by Gasteiger charge is -2.34. The number of carbonyl (C=O) groups excluding carboxylic acids is 1. The van der Waals surface area contributed by atoms with E-state index in [1.54, 1.807) is 11.3 Å². The van der Waals surface area contributed by atoms with Gasteiger partial charge in [0.1, 0.15) is 0 Å². The van der Waals surface area contributed by atoms with Gasteiger partial charge in [0.25, 0.3) is 0 Å². The van der Waals surface area contributed by atoms with Gasteiger partial charge in [-0.25, -0.2) is 4.98 Å². The maximum Gasteiger partial charge on any atom is 0.236 e. The van der Waals surface area contributed by atoms with Crippen LogP contribution in [0.4, 0.5) is 0 Å². The molecule has 4 nitrogen and oxygen atoms in total. The lowest BCUT2D eigenvalue weighted by molar-refractivity contribution is -0.133. The molecule has 2 aliphatic heterocycles. The molecule has 1 aromatic carbocycles. The molecule has 3 aromatic rings. The predicted molar refractivity (Wildman–Crippen MR) is 116 cm³/mol. The summed E-state index contributed by atoms with van der Waals surface area (Å²) < 4.78 is 1.25. The second kappa shape index (κ2) is 7.93. The van der Waals surface area contributed by atoms with E-state index in [-0.39, 0.29) is 5.91 Å². The average molecular weight is 412 g/mol. The SMILES string of the molecule is O=C(CN1CCC[C@H]1c1cccs1)N1CCC[C@H](c2nc3ccccc3s2)C1. The molecule has 146 valence electrons. The Morgan fingerprint density at radius 1 is 1.11 bits per heavy atom. The Morgan fingerprint density at radius 3 is 2.86 bits per heavy atom. The van der Waals surface area contributed by atoms with Gasteiger partial charge in [-0.1, -0.05) is 18.2 Å². The van der Waals surface area contributed by atoms with Crippen molar-refractivity contribution in [2.45, 2.75) is 37.6 Å². The van der Waals surface area contributed by atoms with Crippen molar-refractivity contribution in [3.63, 3.8) is 0 Å². The van der Waals surface area contributed by atoms with Gasteiger partial charge in [0.2, 0.25) is 5.91 Å². The second-order valence-corrected chi connectivity index (χ2v) is 9.88. The number of thiazole rings is 1. The van der Waals surface area contributed by atoms with Gasteiger partial charge in [0, 0.05) is 29.9 Å². The number of para-hydroxylation sites is 1. The molecule has 2 fully saturated rings. The fourth-order valence-electron chi connectivity index (χ4n) is 4.56. The maximum absolute atomic E-state index is 13.1. The van der Waals surface area contributed by atoms with Crippen molar-refractivity contribution in [2.75, 3.05) is 26.2 Å². The van der Waals surface area contributed by atoms with Gasteiger partial charge >= 0.3 is 0 Å². The minimum atomic E-state index is 0.286. The zero-order valence-corrected chi connectivity index (χ0v) is 17.6. The third-order valence-corrected chi connectivity index (χ3v) is 8.18. The fourth-order valence-corrected chi connectivity index (χ4v) is 6.55. The number of likely N-dealkylation sites (tertiary alicyclic amines) is 2. The highest BCUT2D eigenvalue weighted by atomic mass is 32.1. The number of amides is 1. The third kappa shape index (κ3) is 3.61. The first kappa shape index (κ1) is 18.3. The highest BCUT2D eigenvalue weighted by Crippen LogP contribution is 2.35. The van der Waals surface area contributed by atoms with Crippen LogP contribution in [0.25, 0.3) is 10.2 Å². The minimum absolute atomic E-state index is 0.286. The molecule has 6 heteroatoms. The van der Waals surface area contributed by atoms with Crippen LogP contribution in [-0.2, 0) is 4.79 Å². The van der Waals surface area contributed by atoms with E-state index in [9.17, 15) is 4.79 Å². The van der Waals surface area contributed by atoms with Crippen molar-refractivity contribution in [2.24, 2.45) is 0 Å². The molecule has 0 unspecified atom stereocenters. The standard InChI is InChI=1S/C22H25N3OS2/c26-21(15-24-11-4-8-18(24)20-10-5-13-27-20)25-12-3-6-16(14-25)22-23-17-7-1-2-9-19(17)28-22/h1-2,5,7,9-10,13,16,18H,3-4,6,8,11-12,14-15H2/t16-,18-/m0/s1. The van der Waals surface area contributed by atoms with Gasteiger partial charge in [-0.2, -0.15) is 0 Å². The van der Waals surface area contributed by atoms with E-state index in [2.05, 4.69) is 45.5 Å². The average Bonchev–Trinajstić information content (AvgIpc) is 3.47. The number of rotatable bonds is 4. The van der Waals surface area contributed by atoms with Crippen molar-refractivity contribution < 1.29 is 4.79 Å². The summed E-state index contributed by atoms with van der Waals surface area (Å²) in [6.07, 6.45) is 4.55. The number of hydrogen-bond acceptors (Lipinski definition) is 5. The fraction of sp³-hybridized carbons (Fsp3) is 0.455. The van der Waals surface area contributed by atoms with E-state index in [1.165, 1.54) is 27.4 Å². The van der Waals surface area contributed by atoms with E-state index >= 15 is 0 Å². The van der Waals surface area contributed by atoms with Crippen molar-refractivity contribution in [3.8, 4) is 0 Å². The van der Waals surface area contributed by atoms with Crippen molar-refractivity contribution in [3.05, 3.63) is 51.7 Å².